The van der Waals surface area contributed by atoms with Crippen LogP contribution in [0.2, 0.25) is 10.0 Å². The topological polar surface area (TPSA) is 61.8 Å². The molecule has 0 bridgehead atoms. The molecule has 0 radical (unpaired) electrons. The van der Waals surface area contributed by atoms with Gasteiger partial charge in [-0.1, -0.05) is 23.2 Å². The fraction of sp³-hybridized carbons (Fsp3) is 0.0714. The lowest BCUT2D eigenvalue weighted by Gasteiger charge is -2.03. The summed E-state index contributed by atoms with van der Waals surface area (Å²) in [4.78, 5) is 4.50. The van der Waals surface area contributed by atoms with Crippen LogP contribution < -0.4 is 15.2 Å². The predicted molar refractivity (Wildman–Crippen MR) is 81.2 cm³/mol. The van der Waals surface area contributed by atoms with Crippen molar-refractivity contribution in [3.8, 4) is 22.8 Å². The first-order chi connectivity index (χ1) is 10.1. The molecule has 0 atom stereocenters. The SMILES string of the molecule is Nc1c(-c2cc(Cl)c3c(c2)OCO3)nc2c(Cl)cccn12. The minimum atomic E-state index is 0.158. The van der Waals surface area contributed by atoms with Gasteiger partial charge < -0.3 is 15.2 Å². The minimum Gasteiger partial charge on any atom is -0.454 e. The number of nitrogens with zero attached hydrogens (tertiary/aromatic N) is 2. The molecule has 1 aromatic carbocycles. The number of nitrogen functional groups attached to an aromatic ring is 1. The lowest BCUT2D eigenvalue weighted by Crippen LogP contribution is -1.94. The van der Waals surface area contributed by atoms with Crippen molar-refractivity contribution in [3.05, 3.63) is 40.5 Å². The van der Waals surface area contributed by atoms with Gasteiger partial charge in [-0.15, -0.1) is 0 Å². The molecule has 0 saturated heterocycles. The van der Waals surface area contributed by atoms with Crippen LogP contribution in [0.4, 0.5) is 5.82 Å². The number of rotatable bonds is 1. The third-order valence-electron chi connectivity index (χ3n) is 3.34. The molecule has 0 fully saturated rings. The first-order valence-electron chi connectivity index (χ1n) is 6.16. The zero-order valence-electron chi connectivity index (χ0n) is 10.6. The maximum atomic E-state index is 6.20. The van der Waals surface area contributed by atoms with Crippen molar-refractivity contribution >= 4 is 34.7 Å². The number of halogens is 2. The summed E-state index contributed by atoms with van der Waals surface area (Å²) < 4.78 is 12.4. The van der Waals surface area contributed by atoms with Crippen LogP contribution >= 0.6 is 23.2 Å². The van der Waals surface area contributed by atoms with E-state index in [-0.39, 0.29) is 6.79 Å². The van der Waals surface area contributed by atoms with Crippen LogP contribution in [-0.2, 0) is 0 Å². The Balaban J connectivity index is 1.97. The van der Waals surface area contributed by atoms with Gasteiger partial charge in [-0.05, 0) is 24.3 Å². The van der Waals surface area contributed by atoms with Gasteiger partial charge in [-0.25, -0.2) is 4.98 Å². The van der Waals surface area contributed by atoms with Crippen LogP contribution in [0.15, 0.2) is 30.5 Å². The van der Waals surface area contributed by atoms with Crippen LogP contribution in [0, 0.1) is 0 Å². The van der Waals surface area contributed by atoms with Crippen molar-refractivity contribution < 1.29 is 9.47 Å². The number of anilines is 1. The molecule has 1 aliphatic rings. The Kier molecular flexibility index (Phi) is 2.67. The highest BCUT2D eigenvalue weighted by Gasteiger charge is 2.21. The molecule has 2 N–H and O–H groups in total. The second-order valence-electron chi connectivity index (χ2n) is 4.59. The lowest BCUT2D eigenvalue weighted by atomic mass is 10.1. The average Bonchev–Trinajstić information content (AvgIpc) is 3.05. The highest BCUT2D eigenvalue weighted by atomic mass is 35.5. The Morgan fingerprint density at radius 1 is 1.19 bits per heavy atom. The average molecular weight is 322 g/mol. The molecule has 0 unspecified atom stereocenters. The molecular formula is C14H9Cl2N3O2. The van der Waals surface area contributed by atoms with Crippen molar-refractivity contribution in [3.63, 3.8) is 0 Å². The summed E-state index contributed by atoms with van der Waals surface area (Å²) in [6.45, 7) is 0.158. The van der Waals surface area contributed by atoms with Crippen LogP contribution in [0.3, 0.4) is 0 Å². The Morgan fingerprint density at radius 3 is 2.86 bits per heavy atom. The third kappa shape index (κ3) is 1.81. The first-order valence-corrected chi connectivity index (χ1v) is 6.92. The molecule has 21 heavy (non-hydrogen) atoms. The van der Waals surface area contributed by atoms with E-state index >= 15 is 0 Å². The Hall–Kier alpha value is -2.11. The quantitative estimate of drug-likeness (QED) is 0.743. The highest BCUT2D eigenvalue weighted by molar-refractivity contribution is 6.33. The van der Waals surface area contributed by atoms with Gasteiger partial charge in [0.25, 0.3) is 0 Å². The molecule has 7 heteroatoms. The molecular weight excluding hydrogens is 313 g/mol. The van der Waals surface area contributed by atoms with E-state index in [2.05, 4.69) is 4.98 Å². The van der Waals surface area contributed by atoms with Gasteiger partial charge in [0, 0.05) is 11.8 Å². The van der Waals surface area contributed by atoms with Gasteiger partial charge >= 0.3 is 0 Å². The number of ether oxygens (including phenoxy) is 2. The Bertz CT molecular complexity index is 876. The zero-order chi connectivity index (χ0) is 14.6. The van der Waals surface area contributed by atoms with E-state index in [9.17, 15) is 0 Å². The molecule has 0 aliphatic carbocycles. The molecule has 1 aliphatic heterocycles. The van der Waals surface area contributed by atoms with Crippen LogP contribution in [0.1, 0.15) is 0 Å². The van der Waals surface area contributed by atoms with Crippen molar-refractivity contribution in [2.24, 2.45) is 0 Å². The molecule has 0 amide bonds. The fourth-order valence-electron chi connectivity index (χ4n) is 2.37. The Morgan fingerprint density at radius 2 is 2.05 bits per heavy atom. The fourth-order valence-corrected chi connectivity index (χ4v) is 2.84. The van der Waals surface area contributed by atoms with Crippen molar-refractivity contribution in [2.45, 2.75) is 0 Å². The van der Waals surface area contributed by atoms with E-state index in [0.717, 1.165) is 5.56 Å². The van der Waals surface area contributed by atoms with Gasteiger partial charge in [-0.2, -0.15) is 0 Å². The van der Waals surface area contributed by atoms with E-state index < -0.39 is 0 Å². The van der Waals surface area contributed by atoms with E-state index in [1.165, 1.54) is 0 Å². The first kappa shape index (κ1) is 12.6. The number of pyridine rings is 1. The van der Waals surface area contributed by atoms with Crippen molar-refractivity contribution in [1.29, 1.82) is 0 Å². The summed E-state index contributed by atoms with van der Waals surface area (Å²) >= 11 is 12.3. The Labute approximate surface area is 129 Å². The van der Waals surface area contributed by atoms with E-state index in [1.807, 2.05) is 12.3 Å². The number of fused-ring (bicyclic) bond motifs is 2. The molecule has 0 spiro atoms. The predicted octanol–water partition coefficient (Wildman–Crippen LogP) is 3.62. The summed E-state index contributed by atoms with van der Waals surface area (Å²) in [5, 5.41) is 0.991. The summed E-state index contributed by atoms with van der Waals surface area (Å²) in [6, 6.07) is 7.13. The molecule has 4 rings (SSSR count). The van der Waals surface area contributed by atoms with Crippen molar-refractivity contribution in [1.82, 2.24) is 9.38 Å². The molecule has 5 nitrogen and oxygen atoms in total. The second kappa shape index (κ2) is 4.44. The largest absolute Gasteiger partial charge is 0.454 e. The van der Waals surface area contributed by atoms with Gasteiger partial charge in [0.1, 0.15) is 11.5 Å². The summed E-state index contributed by atoms with van der Waals surface area (Å²) in [6.07, 6.45) is 1.81. The number of nitrogens with two attached hydrogens (primary N) is 1. The molecule has 3 aromatic rings. The normalized spacial score (nSPS) is 13.0. The summed E-state index contributed by atoms with van der Waals surface area (Å²) in [5.41, 5.74) is 8.11. The minimum absolute atomic E-state index is 0.158. The second-order valence-corrected chi connectivity index (χ2v) is 5.40. The number of imidazole rings is 1. The number of aromatic nitrogens is 2. The van der Waals surface area contributed by atoms with E-state index in [4.69, 9.17) is 38.4 Å². The molecule has 106 valence electrons. The van der Waals surface area contributed by atoms with E-state index in [1.54, 1.807) is 22.6 Å². The zero-order valence-corrected chi connectivity index (χ0v) is 12.1. The maximum absolute atomic E-state index is 6.20. The highest BCUT2D eigenvalue weighted by Crippen LogP contribution is 2.43. The smallest absolute Gasteiger partial charge is 0.231 e. The molecule has 3 heterocycles. The maximum Gasteiger partial charge on any atom is 0.231 e. The molecule has 2 aromatic heterocycles. The van der Waals surface area contributed by atoms with Gasteiger partial charge in [0.2, 0.25) is 6.79 Å². The standard InChI is InChI=1S/C14H9Cl2N3O2/c15-8-2-1-3-19-13(17)11(18-14(8)19)7-4-9(16)12-10(5-7)20-6-21-12/h1-5H,6,17H2. The lowest BCUT2D eigenvalue weighted by molar-refractivity contribution is 0.174. The number of hydrogen-bond donors (Lipinski definition) is 1. The van der Waals surface area contributed by atoms with E-state index in [0.29, 0.717) is 38.7 Å². The van der Waals surface area contributed by atoms with Gasteiger partial charge in [-0.3, -0.25) is 4.40 Å². The van der Waals surface area contributed by atoms with Crippen LogP contribution in [0.5, 0.6) is 11.5 Å². The van der Waals surface area contributed by atoms with Gasteiger partial charge in [0.05, 0.1) is 10.0 Å². The van der Waals surface area contributed by atoms with Gasteiger partial charge in [0.15, 0.2) is 17.1 Å². The summed E-state index contributed by atoms with van der Waals surface area (Å²) in [7, 11) is 0. The monoisotopic (exact) mass is 321 g/mol. The number of benzene rings is 1. The summed E-state index contributed by atoms with van der Waals surface area (Å²) in [5.74, 6) is 1.61. The molecule has 0 saturated carbocycles. The van der Waals surface area contributed by atoms with Crippen LogP contribution in [-0.4, -0.2) is 16.2 Å². The number of hydrogen-bond acceptors (Lipinski definition) is 4. The van der Waals surface area contributed by atoms with Crippen molar-refractivity contribution in [2.75, 3.05) is 12.5 Å². The van der Waals surface area contributed by atoms with Crippen LogP contribution in [0.25, 0.3) is 16.9 Å². The third-order valence-corrected chi connectivity index (χ3v) is 3.92.